The fraction of sp³-hybridized carbons (Fsp3) is 0.860. The first kappa shape index (κ1) is 51.5. The second kappa shape index (κ2) is 40.2. The van der Waals surface area contributed by atoms with Crippen LogP contribution in [0.1, 0.15) is 206 Å². The highest BCUT2D eigenvalue weighted by atomic mass is 31.2. The summed E-state index contributed by atoms with van der Waals surface area (Å²) >= 11 is 0. The maximum atomic E-state index is 12.1. The summed E-state index contributed by atoms with van der Waals surface area (Å²) in [5.74, 6) is -0.524. The molecule has 3 N–H and O–H groups in total. The number of carbonyl (C=O) groups is 2. The van der Waals surface area contributed by atoms with Crippen molar-refractivity contribution in [1.29, 1.82) is 0 Å². The van der Waals surface area contributed by atoms with Crippen LogP contribution in [0.25, 0.3) is 0 Å². The molecule has 53 heavy (non-hydrogen) atoms. The predicted octanol–water partition coefficient (Wildman–Crippen LogP) is 12.0. The summed E-state index contributed by atoms with van der Waals surface area (Å²) in [6.45, 7) is 3.52. The summed E-state index contributed by atoms with van der Waals surface area (Å²) in [4.78, 5) is 33.9. The third kappa shape index (κ3) is 41.5. The monoisotopic (exact) mass is 772 g/mol. The van der Waals surface area contributed by atoms with Gasteiger partial charge in [-0.2, -0.15) is 0 Å². The van der Waals surface area contributed by atoms with E-state index in [0.29, 0.717) is 6.42 Å². The number of hydrogen-bond acceptors (Lipinski definition) is 7. The maximum Gasteiger partial charge on any atom is 0.472 e. The van der Waals surface area contributed by atoms with Gasteiger partial charge in [-0.05, 0) is 38.5 Å². The Morgan fingerprint density at radius 3 is 1.57 bits per heavy atom. The van der Waals surface area contributed by atoms with Crippen LogP contribution < -0.4 is 5.32 Å². The van der Waals surface area contributed by atoms with Gasteiger partial charge in [-0.3, -0.25) is 18.6 Å². The third-order valence-electron chi connectivity index (χ3n) is 9.38. The number of amides is 1. The average Bonchev–Trinajstić information content (AvgIpc) is 3.14. The zero-order chi connectivity index (χ0) is 38.9. The molecule has 0 spiro atoms. The van der Waals surface area contributed by atoms with E-state index in [1.165, 1.54) is 116 Å². The van der Waals surface area contributed by atoms with Crippen molar-refractivity contribution in [2.24, 2.45) is 0 Å². The molecule has 0 bridgehead atoms. The lowest BCUT2D eigenvalue weighted by molar-refractivity contribution is -0.147. The molecule has 0 aromatic carbocycles. The molecule has 0 aromatic heterocycles. The summed E-state index contributed by atoms with van der Waals surface area (Å²) in [6, 6.07) is 0. The number of aliphatic hydroxyl groups is 1. The van der Waals surface area contributed by atoms with Gasteiger partial charge >= 0.3 is 13.8 Å². The molecule has 0 aliphatic rings. The van der Waals surface area contributed by atoms with E-state index in [4.69, 9.17) is 13.8 Å². The quantitative estimate of drug-likeness (QED) is 0.0242. The molecule has 0 aliphatic heterocycles. The molecule has 0 fully saturated rings. The molecule has 312 valence electrons. The molecule has 0 radical (unpaired) electrons. The first-order chi connectivity index (χ1) is 25.8. The Bertz CT molecular complexity index is 928. The number of rotatable bonds is 41. The van der Waals surface area contributed by atoms with E-state index in [0.717, 1.165) is 64.2 Å². The second-order valence-electron chi connectivity index (χ2n) is 14.7. The fourth-order valence-electron chi connectivity index (χ4n) is 6.04. The molecule has 0 saturated carbocycles. The van der Waals surface area contributed by atoms with E-state index in [2.05, 4.69) is 43.5 Å². The van der Waals surface area contributed by atoms with Crippen LogP contribution in [0.15, 0.2) is 24.3 Å². The van der Waals surface area contributed by atoms with Gasteiger partial charge in [0.15, 0.2) is 0 Å². The van der Waals surface area contributed by atoms with Gasteiger partial charge in [-0.25, -0.2) is 4.57 Å². The van der Waals surface area contributed by atoms with Crippen molar-refractivity contribution in [1.82, 2.24) is 5.32 Å². The highest BCUT2D eigenvalue weighted by Crippen LogP contribution is 2.42. The molecule has 0 saturated heterocycles. The van der Waals surface area contributed by atoms with Crippen molar-refractivity contribution >= 4 is 19.7 Å². The van der Waals surface area contributed by atoms with Gasteiger partial charge in [0.25, 0.3) is 0 Å². The fourth-order valence-corrected chi connectivity index (χ4v) is 6.80. The predicted molar refractivity (Wildman–Crippen MR) is 220 cm³/mol. The number of ether oxygens (including phenoxy) is 1. The normalized spacial score (nSPS) is 13.5. The van der Waals surface area contributed by atoms with E-state index >= 15 is 0 Å². The van der Waals surface area contributed by atoms with Gasteiger partial charge in [0.2, 0.25) is 5.91 Å². The Morgan fingerprint density at radius 2 is 1.04 bits per heavy atom. The van der Waals surface area contributed by atoms with Crippen LogP contribution in [0.5, 0.6) is 0 Å². The van der Waals surface area contributed by atoms with Gasteiger partial charge in [0.1, 0.15) is 12.7 Å². The number of esters is 1. The van der Waals surface area contributed by atoms with Crippen LogP contribution in [0.2, 0.25) is 0 Å². The van der Waals surface area contributed by atoms with Gasteiger partial charge in [0.05, 0.1) is 13.2 Å². The van der Waals surface area contributed by atoms with Crippen LogP contribution in [0, 0.1) is 0 Å². The van der Waals surface area contributed by atoms with Crippen LogP contribution >= 0.6 is 7.82 Å². The Kier molecular flexibility index (Phi) is 39.0. The van der Waals surface area contributed by atoms with Gasteiger partial charge < -0.3 is 20.1 Å². The second-order valence-corrected chi connectivity index (χ2v) is 16.1. The van der Waals surface area contributed by atoms with Crippen molar-refractivity contribution < 1.29 is 37.9 Å². The number of phosphoric ester groups is 1. The van der Waals surface area contributed by atoms with Crippen molar-refractivity contribution in [2.75, 3.05) is 26.4 Å². The largest absolute Gasteiger partial charge is 0.472 e. The van der Waals surface area contributed by atoms with E-state index in [1.54, 1.807) is 0 Å². The minimum absolute atomic E-state index is 0.0759. The summed E-state index contributed by atoms with van der Waals surface area (Å²) < 4.78 is 26.9. The first-order valence-corrected chi connectivity index (χ1v) is 23.3. The molecule has 0 aliphatic carbocycles. The highest BCUT2D eigenvalue weighted by Gasteiger charge is 2.23. The smallest absolute Gasteiger partial charge is 0.463 e. The Morgan fingerprint density at radius 1 is 0.585 bits per heavy atom. The number of carbonyl (C=O) groups excluding carboxylic acids is 2. The zero-order valence-corrected chi connectivity index (χ0v) is 35.1. The van der Waals surface area contributed by atoms with Crippen molar-refractivity contribution in [3.8, 4) is 0 Å². The zero-order valence-electron chi connectivity index (χ0n) is 34.2. The number of unbranched alkanes of at least 4 members (excludes halogenated alkanes) is 24. The Labute approximate surface area is 325 Å². The lowest BCUT2D eigenvalue weighted by Crippen LogP contribution is -2.27. The average molecular weight is 772 g/mol. The Balaban J connectivity index is 3.58. The van der Waals surface area contributed by atoms with E-state index in [1.807, 2.05) is 0 Å². The van der Waals surface area contributed by atoms with Crippen LogP contribution in [0.4, 0.5) is 0 Å². The molecule has 0 heterocycles. The molecule has 1 amide bonds. The number of nitrogens with one attached hydrogen (secondary N) is 1. The van der Waals surface area contributed by atoms with E-state index in [9.17, 15) is 24.2 Å². The minimum atomic E-state index is -4.42. The SMILES string of the molecule is CCCC/C=C\C/C=C\CCCCCCCC(=O)NCCOP(=O)(O)OCC(O)COC(=O)CCCCCCCCCCCCCCCCCCCC. The molecular formula is C43H82NO8P. The standard InChI is InChI=1S/C43H82NO8P/c1-3-5-7-9-11-13-15-17-19-20-21-22-24-26-28-30-32-34-36-43(47)50-39-41(45)40-52-53(48,49)51-38-37-44-42(46)35-33-31-29-27-25-23-18-16-14-12-10-8-6-4-2/h10,12,16,18,41,45H,3-9,11,13-15,17,19-40H2,1-2H3,(H,44,46)(H,48,49)/b12-10-,18-16-. The topological polar surface area (TPSA) is 131 Å². The highest BCUT2D eigenvalue weighted by molar-refractivity contribution is 7.47. The summed E-state index contributed by atoms with van der Waals surface area (Å²) in [5, 5.41) is 12.7. The van der Waals surface area contributed by atoms with Gasteiger partial charge in [-0.1, -0.05) is 179 Å². The van der Waals surface area contributed by atoms with Gasteiger partial charge in [-0.15, -0.1) is 0 Å². The summed E-state index contributed by atoms with van der Waals surface area (Å²) in [7, 11) is -4.42. The molecule has 2 atom stereocenters. The van der Waals surface area contributed by atoms with Gasteiger partial charge in [0, 0.05) is 19.4 Å². The van der Waals surface area contributed by atoms with E-state index in [-0.39, 0.29) is 32.1 Å². The molecule has 10 heteroatoms. The molecule has 0 rings (SSSR count). The Hall–Kier alpha value is -1.51. The van der Waals surface area contributed by atoms with Crippen molar-refractivity contribution in [3.05, 3.63) is 24.3 Å². The molecule has 0 aromatic rings. The third-order valence-corrected chi connectivity index (χ3v) is 10.4. The number of aliphatic hydroxyl groups excluding tert-OH is 1. The van der Waals surface area contributed by atoms with Crippen LogP contribution in [0.3, 0.4) is 0 Å². The molecular weight excluding hydrogens is 689 g/mol. The van der Waals surface area contributed by atoms with Crippen LogP contribution in [-0.2, 0) is 27.9 Å². The number of phosphoric acid groups is 1. The lowest BCUT2D eigenvalue weighted by Gasteiger charge is -2.15. The summed E-state index contributed by atoms with van der Waals surface area (Å²) in [6.07, 6.45) is 42.5. The van der Waals surface area contributed by atoms with E-state index < -0.39 is 26.5 Å². The molecule has 2 unspecified atom stereocenters. The first-order valence-electron chi connectivity index (χ1n) is 21.8. The summed E-state index contributed by atoms with van der Waals surface area (Å²) in [5.41, 5.74) is 0. The lowest BCUT2D eigenvalue weighted by atomic mass is 10.0. The number of hydrogen-bond donors (Lipinski definition) is 3. The number of allylic oxidation sites excluding steroid dienone is 4. The minimum Gasteiger partial charge on any atom is -0.463 e. The molecule has 9 nitrogen and oxygen atoms in total. The van der Waals surface area contributed by atoms with Crippen LogP contribution in [-0.4, -0.2) is 54.3 Å². The maximum absolute atomic E-state index is 12.1. The van der Waals surface area contributed by atoms with Crippen molar-refractivity contribution in [3.63, 3.8) is 0 Å². The van der Waals surface area contributed by atoms with Crippen molar-refractivity contribution in [2.45, 2.75) is 213 Å².